The molecule has 32 heavy (non-hydrogen) atoms. The molecule has 2 aliphatic heterocycles. The summed E-state index contributed by atoms with van der Waals surface area (Å²) in [6.07, 6.45) is 23.3. The first-order chi connectivity index (χ1) is 14.2. The molecule has 5 radical (unpaired) electrons. The van der Waals surface area contributed by atoms with Crippen LogP contribution in [0, 0.1) is 25.7 Å². The van der Waals surface area contributed by atoms with Crippen LogP contribution in [0.5, 0.6) is 0 Å². The van der Waals surface area contributed by atoms with E-state index < -0.39 is 7.25 Å². The van der Waals surface area contributed by atoms with Crippen LogP contribution in [0.1, 0.15) is 92.9 Å². The van der Waals surface area contributed by atoms with Crippen molar-refractivity contribution in [2.75, 3.05) is 12.3 Å². The van der Waals surface area contributed by atoms with Crippen molar-refractivity contribution >= 4 is 23.1 Å². The van der Waals surface area contributed by atoms with Crippen molar-refractivity contribution < 1.29 is 36.7 Å². The van der Waals surface area contributed by atoms with Crippen LogP contribution in [0.15, 0.2) is 0 Å². The maximum absolute atomic E-state index is 9.75. The standard InChI is InChI=1S/C16H32P2.C8H12.BF4.Rh/c1-15(2,3)17-11-7-9-13(17)14-10-8-12-18(14)16(4,5)6;1-2-4-6-8-7-5-3-1;2-1(3,4)5;/h13-14H,7-12H2,1-6H3;1-2,7-8H,3-6H2;;/q;;-1;/t13-,14-,17-,18-;;;/m1.../s1. The van der Waals surface area contributed by atoms with Crippen LogP contribution in [0.2, 0.25) is 0 Å². The van der Waals surface area contributed by atoms with Crippen molar-refractivity contribution in [2.24, 2.45) is 0 Å². The van der Waals surface area contributed by atoms with Gasteiger partial charge < -0.3 is 17.3 Å². The van der Waals surface area contributed by atoms with Crippen molar-refractivity contribution in [1.82, 2.24) is 0 Å². The Balaban J connectivity index is 0.000000570. The van der Waals surface area contributed by atoms with Crippen LogP contribution < -0.4 is 0 Å². The Hall–Kier alpha value is 1.27. The molecule has 0 spiro atoms. The summed E-state index contributed by atoms with van der Waals surface area (Å²) in [5.41, 5.74) is 2.24. The zero-order valence-electron chi connectivity index (χ0n) is 20.9. The molecule has 0 bridgehead atoms. The molecule has 0 aromatic carbocycles. The monoisotopic (exact) mass is 584 g/mol. The van der Waals surface area contributed by atoms with E-state index >= 15 is 0 Å². The van der Waals surface area contributed by atoms with Gasteiger partial charge in [-0.1, -0.05) is 57.4 Å². The molecule has 0 nitrogen and oxygen atoms in total. The Labute approximate surface area is 212 Å². The van der Waals surface area contributed by atoms with Gasteiger partial charge in [0, 0.05) is 19.5 Å². The molecule has 0 N–H and O–H groups in total. The largest absolute Gasteiger partial charge is 0.673 e. The van der Waals surface area contributed by atoms with Gasteiger partial charge in [-0.25, -0.2) is 0 Å². The molecule has 1 saturated carbocycles. The van der Waals surface area contributed by atoms with Crippen molar-refractivity contribution in [3.63, 3.8) is 0 Å². The molecule has 3 aliphatic rings. The normalized spacial score (nSPS) is 29.4. The number of hydrogen-bond donors (Lipinski definition) is 0. The van der Waals surface area contributed by atoms with Gasteiger partial charge in [-0.2, -0.15) is 0 Å². The van der Waals surface area contributed by atoms with Crippen molar-refractivity contribution in [2.45, 2.75) is 115 Å². The van der Waals surface area contributed by atoms with E-state index in [1.807, 2.05) is 0 Å². The average Bonchev–Trinajstić information content (AvgIpc) is 3.21. The fraction of sp³-hybridized carbons (Fsp3) is 0.833. The molecule has 8 heteroatoms. The Kier molecular flexibility index (Phi) is 16.0. The predicted octanol–water partition coefficient (Wildman–Crippen LogP) is 9.55. The van der Waals surface area contributed by atoms with Gasteiger partial charge in [0.1, 0.15) is 0 Å². The summed E-state index contributed by atoms with van der Waals surface area (Å²) in [5, 5.41) is 1.19. The molecule has 3 fully saturated rings. The van der Waals surface area contributed by atoms with E-state index in [-0.39, 0.29) is 35.3 Å². The first kappa shape index (κ1) is 33.3. The van der Waals surface area contributed by atoms with Gasteiger partial charge in [-0.15, -0.1) is 0 Å². The van der Waals surface area contributed by atoms with Crippen LogP contribution in [0.25, 0.3) is 0 Å². The van der Waals surface area contributed by atoms with E-state index in [4.69, 9.17) is 0 Å². The van der Waals surface area contributed by atoms with Gasteiger partial charge in [-0.05, 0) is 111 Å². The third-order valence-corrected chi connectivity index (χ3v) is 14.2. The SMILES string of the molecule is CC(C)(C)[P@]1CCC[C@@H]1[C@H]1CCC[P@@]1C(C)(C)C.F[B-](F)(F)F.[CH]1[CH]CC[CH][CH]CC1.[Rh]. The second-order valence-corrected chi connectivity index (χ2v) is 17.5. The van der Waals surface area contributed by atoms with E-state index in [1.165, 1.54) is 38.5 Å². The summed E-state index contributed by atoms with van der Waals surface area (Å²) >= 11 is 0. The van der Waals surface area contributed by atoms with E-state index in [9.17, 15) is 17.3 Å². The smallest absolute Gasteiger partial charge is 0.418 e. The van der Waals surface area contributed by atoms with Crippen LogP contribution in [0.3, 0.4) is 0 Å². The zero-order chi connectivity index (χ0) is 23.7. The van der Waals surface area contributed by atoms with Crippen LogP contribution in [-0.4, -0.2) is 41.2 Å². The Bertz CT molecular complexity index is 432. The number of hydrogen-bond acceptors (Lipinski definition) is 0. The molecule has 2 heterocycles. The van der Waals surface area contributed by atoms with Crippen molar-refractivity contribution in [1.29, 1.82) is 0 Å². The average molecular weight is 584 g/mol. The second-order valence-electron chi connectivity index (χ2n) is 10.7. The van der Waals surface area contributed by atoms with E-state index in [1.54, 1.807) is 25.2 Å². The predicted molar refractivity (Wildman–Crippen MR) is 135 cm³/mol. The molecular formula is C24H44BF4P2Rh-. The van der Waals surface area contributed by atoms with Gasteiger partial charge in [0.2, 0.25) is 0 Å². The minimum Gasteiger partial charge on any atom is -0.418 e. The fourth-order valence-corrected chi connectivity index (χ4v) is 13.0. The summed E-state index contributed by atoms with van der Waals surface area (Å²) in [6.45, 7) is 15.0. The maximum Gasteiger partial charge on any atom is 0.673 e. The Morgan fingerprint density at radius 3 is 1.09 bits per heavy atom. The molecule has 0 amide bonds. The minimum atomic E-state index is -6.00. The van der Waals surface area contributed by atoms with E-state index in [0.29, 0.717) is 10.3 Å². The molecule has 0 aromatic rings. The molecule has 0 unspecified atom stereocenters. The summed E-state index contributed by atoms with van der Waals surface area (Å²) in [5.74, 6) is 0. The fourth-order valence-electron chi connectivity index (χ4n) is 4.91. The zero-order valence-corrected chi connectivity index (χ0v) is 24.3. The van der Waals surface area contributed by atoms with Gasteiger partial charge in [-0.3, -0.25) is 0 Å². The quantitative estimate of drug-likeness (QED) is 0.164. The van der Waals surface area contributed by atoms with Crippen LogP contribution in [-0.2, 0) is 19.5 Å². The molecule has 0 aromatic heterocycles. The number of rotatable bonds is 1. The molecule has 191 valence electrons. The summed E-state index contributed by atoms with van der Waals surface area (Å²) < 4.78 is 39.0. The summed E-state index contributed by atoms with van der Waals surface area (Å²) in [7, 11) is -5.44. The summed E-state index contributed by atoms with van der Waals surface area (Å²) in [4.78, 5) is 0. The van der Waals surface area contributed by atoms with E-state index in [2.05, 4.69) is 67.2 Å². The minimum absolute atomic E-state index is 0. The summed E-state index contributed by atoms with van der Waals surface area (Å²) in [6, 6.07) is 0. The van der Waals surface area contributed by atoms with E-state index in [0.717, 1.165) is 11.3 Å². The first-order valence-corrected chi connectivity index (χ1v) is 15.1. The van der Waals surface area contributed by atoms with Gasteiger partial charge in [0.15, 0.2) is 0 Å². The molecule has 4 atom stereocenters. The van der Waals surface area contributed by atoms with Crippen LogP contribution in [0.4, 0.5) is 17.3 Å². The van der Waals surface area contributed by atoms with Gasteiger partial charge >= 0.3 is 7.25 Å². The van der Waals surface area contributed by atoms with Gasteiger partial charge in [0.25, 0.3) is 0 Å². The molecule has 3 rings (SSSR count). The molecular weight excluding hydrogens is 540 g/mol. The Morgan fingerprint density at radius 1 is 0.625 bits per heavy atom. The first-order valence-electron chi connectivity index (χ1n) is 11.9. The second kappa shape index (κ2) is 15.4. The topological polar surface area (TPSA) is 0 Å². The van der Waals surface area contributed by atoms with Crippen LogP contribution >= 0.6 is 15.8 Å². The maximum atomic E-state index is 9.75. The molecule has 1 aliphatic carbocycles. The third-order valence-electron chi connectivity index (χ3n) is 6.10. The number of halogens is 4. The Morgan fingerprint density at radius 2 is 0.875 bits per heavy atom. The van der Waals surface area contributed by atoms with Gasteiger partial charge in [0.05, 0.1) is 0 Å². The van der Waals surface area contributed by atoms with Crippen molar-refractivity contribution in [3.05, 3.63) is 25.7 Å². The van der Waals surface area contributed by atoms with Crippen molar-refractivity contribution in [3.8, 4) is 0 Å². The third kappa shape index (κ3) is 14.0. The molecule has 2 saturated heterocycles.